The number of nitrogens with one attached hydrogen (secondary N) is 1. The monoisotopic (exact) mass is 423 g/mol. The van der Waals surface area contributed by atoms with Gasteiger partial charge in [-0.25, -0.2) is 9.59 Å². The van der Waals surface area contributed by atoms with Crippen molar-refractivity contribution in [2.75, 3.05) is 14.2 Å². The van der Waals surface area contributed by atoms with Crippen molar-refractivity contribution >= 4 is 40.8 Å². The lowest BCUT2D eigenvalue weighted by atomic mass is 10.0. The predicted molar refractivity (Wildman–Crippen MR) is 118 cm³/mol. The van der Waals surface area contributed by atoms with Crippen LogP contribution in [0, 0.1) is 0 Å². The second-order valence-corrected chi connectivity index (χ2v) is 9.59. The summed E-state index contributed by atoms with van der Waals surface area (Å²) in [5.74, 6) is -2.33. The van der Waals surface area contributed by atoms with Gasteiger partial charge < -0.3 is 14.6 Å². The Hall–Kier alpha value is -3.37. The number of hydrogen-bond donors (Lipinski definition) is 1. The molecule has 0 radical (unpaired) electrons. The molecule has 1 N–H and O–H groups in total. The van der Waals surface area contributed by atoms with Crippen LogP contribution in [0.5, 0.6) is 0 Å². The molecule has 0 spiro atoms. The first-order valence-electron chi connectivity index (χ1n) is 9.22. The van der Waals surface area contributed by atoms with Crippen LogP contribution in [0.15, 0.2) is 84.5 Å². The number of carbonyl (C=O) groups is 3. The van der Waals surface area contributed by atoms with E-state index in [9.17, 15) is 14.4 Å². The third kappa shape index (κ3) is 3.51. The van der Waals surface area contributed by atoms with E-state index in [-0.39, 0.29) is 17.6 Å². The summed E-state index contributed by atoms with van der Waals surface area (Å²) in [6.45, 7) is 3.83. The fourth-order valence-corrected chi connectivity index (χ4v) is 7.50. The highest BCUT2D eigenvalue weighted by atomic mass is 31.2. The van der Waals surface area contributed by atoms with E-state index in [2.05, 4.69) is 11.7 Å². The van der Waals surface area contributed by atoms with Gasteiger partial charge in [0.25, 0.3) is 5.91 Å². The molecule has 6 nitrogen and oxygen atoms in total. The summed E-state index contributed by atoms with van der Waals surface area (Å²) >= 11 is 0. The second kappa shape index (κ2) is 8.97. The number of benzene rings is 2. The molecule has 0 aliphatic carbocycles. The fourth-order valence-electron chi connectivity index (χ4n) is 3.59. The van der Waals surface area contributed by atoms with E-state index in [1.807, 2.05) is 60.7 Å². The third-order valence-corrected chi connectivity index (χ3v) is 8.74. The maximum Gasteiger partial charge on any atom is 0.344 e. The zero-order valence-corrected chi connectivity index (χ0v) is 17.6. The summed E-state index contributed by atoms with van der Waals surface area (Å²) in [6.07, 6.45) is 1.91. The summed E-state index contributed by atoms with van der Waals surface area (Å²) in [6, 6.07) is 18.9. The Labute approximate surface area is 175 Å². The molecule has 0 unspecified atom stereocenters. The molecule has 7 heteroatoms. The predicted octanol–water partition coefficient (Wildman–Crippen LogP) is 2.09. The Kier molecular flexibility index (Phi) is 6.38. The molecule has 3 rings (SSSR count). The molecule has 0 saturated heterocycles. The highest BCUT2D eigenvalue weighted by Gasteiger charge is 2.42. The van der Waals surface area contributed by atoms with Crippen LogP contribution in [0.3, 0.4) is 0 Å². The molecule has 0 saturated carbocycles. The van der Waals surface area contributed by atoms with Gasteiger partial charge in [-0.15, -0.1) is 6.58 Å². The Bertz CT molecular complexity index is 1040. The molecule has 0 aromatic heterocycles. The lowest BCUT2D eigenvalue weighted by Crippen LogP contribution is -2.44. The van der Waals surface area contributed by atoms with Crippen LogP contribution in [0.1, 0.15) is 6.42 Å². The minimum atomic E-state index is -2.81. The summed E-state index contributed by atoms with van der Waals surface area (Å²) in [5.41, 5.74) is -0.419. The normalized spacial score (nSPS) is 15.3. The number of hydrogen-bond acceptors (Lipinski definition) is 5. The number of ether oxygens (including phenoxy) is 2. The van der Waals surface area contributed by atoms with Crippen molar-refractivity contribution in [1.29, 1.82) is 0 Å². The number of carbonyl (C=O) groups excluding carboxylic acids is 3. The van der Waals surface area contributed by atoms with E-state index in [4.69, 9.17) is 9.47 Å². The average Bonchev–Trinajstić information content (AvgIpc) is 2.79. The molecule has 1 aliphatic rings. The maximum absolute atomic E-state index is 13.2. The van der Waals surface area contributed by atoms with E-state index in [0.717, 1.165) is 17.7 Å². The second-order valence-electron chi connectivity index (χ2n) is 6.46. The molecule has 1 aliphatic heterocycles. The van der Waals surface area contributed by atoms with Gasteiger partial charge in [0.05, 0.1) is 19.8 Å². The van der Waals surface area contributed by atoms with Crippen molar-refractivity contribution < 1.29 is 23.9 Å². The highest BCUT2D eigenvalue weighted by Crippen LogP contribution is 2.48. The maximum atomic E-state index is 13.2. The van der Waals surface area contributed by atoms with E-state index < -0.39 is 24.9 Å². The largest absolute Gasteiger partial charge is 0.465 e. The molecule has 0 atom stereocenters. The van der Waals surface area contributed by atoms with Crippen LogP contribution in [0.25, 0.3) is 0 Å². The van der Waals surface area contributed by atoms with E-state index in [1.165, 1.54) is 7.11 Å². The topological polar surface area (TPSA) is 81.7 Å². The van der Waals surface area contributed by atoms with Gasteiger partial charge in [0.2, 0.25) is 0 Å². The first-order chi connectivity index (χ1) is 14.5. The van der Waals surface area contributed by atoms with Gasteiger partial charge in [0, 0.05) is 7.04 Å². The molecule has 2 aromatic rings. The molecular formula is C23H22NO5P. The van der Waals surface area contributed by atoms with Gasteiger partial charge in [-0.05, 0) is 22.3 Å². The first kappa shape index (κ1) is 21.3. The molecular weight excluding hydrogens is 401 g/mol. The third-order valence-electron chi connectivity index (χ3n) is 4.84. The lowest BCUT2D eigenvalue weighted by molar-refractivity contribution is -0.140. The van der Waals surface area contributed by atoms with Crippen LogP contribution in [0.4, 0.5) is 0 Å². The van der Waals surface area contributed by atoms with Gasteiger partial charge in [-0.1, -0.05) is 66.7 Å². The highest BCUT2D eigenvalue weighted by molar-refractivity contribution is 7.88. The molecule has 0 bridgehead atoms. The van der Waals surface area contributed by atoms with E-state index in [1.54, 1.807) is 6.08 Å². The Morgan fingerprint density at radius 1 is 0.900 bits per heavy atom. The van der Waals surface area contributed by atoms with Crippen LogP contribution < -0.4 is 15.7 Å². The number of amides is 1. The van der Waals surface area contributed by atoms with Crippen LogP contribution in [0.2, 0.25) is 0 Å². The van der Waals surface area contributed by atoms with Crippen molar-refractivity contribution in [3.63, 3.8) is 0 Å². The molecule has 2 aromatic carbocycles. The van der Waals surface area contributed by atoms with E-state index in [0.29, 0.717) is 5.29 Å². The summed E-state index contributed by atoms with van der Waals surface area (Å²) < 4.78 is 9.78. The molecule has 1 amide bonds. The average molecular weight is 423 g/mol. The number of esters is 2. The van der Waals surface area contributed by atoms with Gasteiger partial charge in [0.1, 0.15) is 5.57 Å². The Morgan fingerprint density at radius 2 is 1.37 bits per heavy atom. The van der Waals surface area contributed by atoms with Crippen molar-refractivity contribution in [2.24, 2.45) is 0 Å². The SMILES string of the molecule is C=CCC1=P(c2ccccc2)(c2ccccc2)NC(=O)C(C(=O)OC)=C1C(=O)OC. The zero-order valence-electron chi connectivity index (χ0n) is 16.8. The van der Waals surface area contributed by atoms with Crippen LogP contribution in [-0.4, -0.2) is 37.4 Å². The zero-order chi connectivity index (χ0) is 21.7. The van der Waals surface area contributed by atoms with Crippen molar-refractivity contribution in [2.45, 2.75) is 6.42 Å². The van der Waals surface area contributed by atoms with Gasteiger partial charge in [0.15, 0.2) is 0 Å². The Balaban J connectivity index is 2.58. The molecule has 0 fully saturated rings. The quantitative estimate of drug-likeness (QED) is 0.333. The van der Waals surface area contributed by atoms with Crippen LogP contribution in [-0.2, 0) is 23.9 Å². The van der Waals surface area contributed by atoms with Crippen molar-refractivity contribution in [3.8, 4) is 0 Å². The van der Waals surface area contributed by atoms with Gasteiger partial charge in [-0.3, -0.25) is 4.79 Å². The molecule has 154 valence electrons. The number of methoxy groups -OCH3 is 2. The number of rotatable bonds is 6. The minimum Gasteiger partial charge on any atom is -0.465 e. The summed E-state index contributed by atoms with van der Waals surface area (Å²) in [4.78, 5) is 38.6. The fraction of sp³-hybridized carbons (Fsp3) is 0.130. The van der Waals surface area contributed by atoms with Crippen LogP contribution >= 0.6 is 7.04 Å². The van der Waals surface area contributed by atoms with Gasteiger partial charge in [-0.2, -0.15) is 0 Å². The standard InChI is InChI=1S/C23H22NO5P/c1-4-11-18-19(22(26)28-2)20(23(27)29-3)21(25)24-30(18,16-12-7-5-8-13-16)17-14-9-6-10-15-17/h4-10,12-15H,1,11H2,2-3H3,(H,24,25). The summed E-state index contributed by atoms with van der Waals surface area (Å²) in [5, 5.41) is 5.36. The molecule has 30 heavy (non-hydrogen) atoms. The summed E-state index contributed by atoms with van der Waals surface area (Å²) in [7, 11) is -0.431. The lowest BCUT2D eigenvalue weighted by Gasteiger charge is -2.36. The smallest absolute Gasteiger partial charge is 0.344 e. The first-order valence-corrected chi connectivity index (χ1v) is 11.0. The Morgan fingerprint density at radius 3 is 1.80 bits per heavy atom. The van der Waals surface area contributed by atoms with Crippen molar-refractivity contribution in [1.82, 2.24) is 5.09 Å². The minimum absolute atomic E-state index is 0.0611. The van der Waals surface area contributed by atoms with E-state index >= 15 is 0 Å². The van der Waals surface area contributed by atoms with Crippen molar-refractivity contribution in [3.05, 3.63) is 84.5 Å². The number of allylic oxidation sites excluding steroid dienone is 1. The molecule has 1 heterocycles. The van der Waals surface area contributed by atoms with Gasteiger partial charge >= 0.3 is 11.9 Å².